The largest absolute Gasteiger partial charge is 0.368 e. The molecule has 25 heavy (non-hydrogen) atoms. The molecule has 0 bridgehead atoms. The highest BCUT2D eigenvalue weighted by molar-refractivity contribution is 5.90. The summed E-state index contributed by atoms with van der Waals surface area (Å²) < 4.78 is 0. The van der Waals surface area contributed by atoms with E-state index in [0.717, 1.165) is 43.0 Å². The number of aromatic nitrogens is 1. The van der Waals surface area contributed by atoms with Crippen LogP contribution in [0.25, 0.3) is 10.9 Å². The molecule has 0 aliphatic carbocycles. The Hall–Kier alpha value is -2.69. The van der Waals surface area contributed by atoms with Crippen molar-refractivity contribution in [3.05, 3.63) is 60.6 Å². The molecule has 3 rings (SSSR count). The Kier molecular flexibility index (Phi) is 5.43. The molecule has 0 radical (unpaired) electrons. The van der Waals surface area contributed by atoms with Crippen LogP contribution < -0.4 is 10.6 Å². The van der Waals surface area contributed by atoms with Crippen molar-refractivity contribution < 1.29 is 0 Å². The van der Waals surface area contributed by atoms with Gasteiger partial charge in [-0.05, 0) is 43.4 Å². The van der Waals surface area contributed by atoms with Crippen LogP contribution in [0, 0.1) is 5.41 Å². The van der Waals surface area contributed by atoms with Gasteiger partial charge in [0, 0.05) is 30.3 Å². The average Bonchev–Trinajstić information content (AvgIpc) is 3.03. The lowest BCUT2D eigenvalue weighted by molar-refractivity contribution is 0.284. The third-order valence-corrected chi connectivity index (χ3v) is 4.54. The first-order chi connectivity index (χ1) is 12.2. The van der Waals surface area contributed by atoms with Crippen molar-refractivity contribution >= 4 is 16.7 Å². The average molecular weight is 337 g/mol. The van der Waals surface area contributed by atoms with Crippen molar-refractivity contribution in [3.63, 3.8) is 0 Å². The van der Waals surface area contributed by atoms with Gasteiger partial charge < -0.3 is 20.5 Å². The Bertz CT molecular complexity index is 740. The molecule has 2 aromatic rings. The molecule has 4 N–H and O–H groups in total. The van der Waals surface area contributed by atoms with Crippen LogP contribution >= 0.6 is 0 Å². The summed E-state index contributed by atoms with van der Waals surface area (Å²) in [6, 6.07) is 10.8. The second-order valence-electron chi connectivity index (χ2n) is 6.53. The van der Waals surface area contributed by atoms with Gasteiger partial charge in [-0.25, -0.2) is 0 Å². The van der Waals surface area contributed by atoms with Gasteiger partial charge in [-0.1, -0.05) is 30.9 Å². The van der Waals surface area contributed by atoms with E-state index < -0.39 is 0 Å². The number of rotatable bonds is 6. The fourth-order valence-corrected chi connectivity index (χ4v) is 3.31. The Morgan fingerprint density at radius 2 is 2.28 bits per heavy atom. The predicted molar refractivity (Wildman–Crippen MR) is 105 cm³/mol. The monoisotopic (exact) mass is 337 g/mol. The summed E-state index contributed by atoms with van der Waals surface area (Å²) in [5.41, 5.74) is 2.30. The van der Waals surface area contributed by atoms with Crippen LogP contribution in [0.1, 0.15) is 25.5 Å². The number of hydrogen-bond donors (Lipinski definition) is 4. The summed E-state index contributed by atoms with van der Waals surface area (Å²) in [6.45, 7) is 8.56. The maximum absolute atomic E-state index is 8.07. The van der Waals surface area contributed by atoms with Gasteiger partial charge in [-0.15, -0.1) is 0 Å². The summed E-state index contributed by atoms with van der Waals surface area (Å²) in [7, 11) is 0. The standard InChI is InChI=1S/C20H27N5/c1-3-7-20(21)25-11-6-9-17(14-25)23-15(2)22-13-18-12-16-8-4-5-10-19(16)24-18/h3-5,7-8,10,12,17,21-24H,2,6,9,11,13-14H2,1H3/b7-3-,21-20?. The Morgan fingerprint density at radius 1 is 1.44 bits per heavy atom. The van der Waals surface area contributed by atoms with Crippen LogP contribution in [-0.2, 0) is 6.54 Å². The van der Waals surface area contributed by atoms with Crippen molar-refractivity contribution in [2.45, 2.75) is 32.4 Å². The molecule has 0 amide bonds. The maximum Gasteiger partial charge on any atom is 0.120 e. The minimum atomic E-state index is 0.321. The second-order valence-corrected chi connectivity index (χ2v) is 6.53. The van der Waals surface area contributed by atoms with E-state index in [1.807, 2.05) is 31.2 Å². The van der Waals surface area contributed by atoms with E-state index in [9.17, 15) is 0 Å². The Balaban J connectivity index is 1.49. The van der Waals surface area contributed by atoms with E-state index in [0.29, 0.717) is 18.4 Å². The molecule has 0 spiro atoms. The van der Waals surface area contributed by atoms with E-state index in [1.165, 1.54) is 5.39 Å². The number of fused-ring (bicyclic) bond motifs is 1. The van der Waals surface area contributed by atoms with E-state index in [-0.39, 0.29) is 0 Å². The van der Waals surface area contributed by atoms with Crippen LogP contribution in [0.4, 0.5) is 0 Å². The molecular weight excluding hydrogens is 310 g/mol. The van der Waals surface area contributed by atoms with E-state index in [1.54, 1.807) is 0 Å². The highest BCUT2D eigenvalue weighted by Gasteiger charge is 2.20. The molecule has 1 aliphatic heterocycles. The SMILES string of the molecule is C=C(NCc1cc2ccccc2[nH]1)NC1CCCN(C(=N)/C=C\C)C1. The van der Waals surface area contributed by atoms with Gasteiger partial charge in [0.15, 0.2) is 0 Å². The number of piperidine rings is 1. The van der Waals surface area contributed by atoms with Gasteiger partial charge in [-0.3, -0.25) is 5.41 Å². The smallest absolute Gasteiger partial charge is 0.120 e. The molecule has 1 unspecified atom stereocenters. The van der Waals surface area contributed by atoms with Crippen LogP contribution in [0.5, 0.6) is 0 Å². The summed E-state index contributed by atoms with van der Waals surface area (Å²) in [4.78, 5) is 5.53. The number of allylic oxidation sites excluding steroid dienone is 1. The molecule has 132 valence electrons. The maximum atomic E-state index is 8.07. The quantitative estimate of drug-likeness (QED) is 0.483. The lowest BCUT2D eigenvalue weighted by Crippen LogP contribution is -2.48. The first-order valence-electron chi connectivity index (χ1n) is 8.88. The summed E-state index contributed by atoms with van der Waals surface area (Å²) in [5.74, 6) is 1.42. The number of nitrogens with one attached hydrogen (secondary N) is 4. The van der Waals surface area contributed by atoms with Crippen molar-refractivity contribution in [2.75, 3.05) is 13.1 Å². The van der Waals surface area contributed by atoms with Crippen molar-refractivity contribution in [3.8, 4) is 0 Å². The van der Waals surface area contributed by atoms with Crippen molar-refractivity contribution in [1.29, 1.82) is 5.41 Å². The molecule has 0 saturated carbocycles. The van der Waals surface area contributed by atoms with Crippen molar-refractivity contribution in [2.24, 2.45) is 0 Å². The third-order valence-electron chi connectivity index (χ3n) is 4.54. The zero-order chi connectivity index (χ0) is 17.6. The summed E-state index contributed by atoms with van der Waals surface area (Å²) >= 11 is 0. The first-order valence-corrected chi connectivity index (χ1v) is 8.88. The van der Waals surface area contributed by atoms with Gasteiger partial charge in [0.1, 0.15) is 5.84 Å². The molecule has 5 heteroatoms. The topological polar surface area (TPSA) is 66.9 Å². The molecule has 1 atom stereocenters. The van der Waals surface area contributed by atoms with E-state index in [2.05, 4.69) is 45.3 Å². The zero-order valence-corrected chi connectivity index (χ0v) is 14.8. The molecular formula is C20H27N5. The Morgan fingerprint density at radius 3 is 3.08 bits per heavy atom. The fourth-order valence-electron chi connectivity index (χ4n) is 3.31. The minimum absolute atomic E-state index is 0.321. The van der Waals surface area contributed by atoms with Gasteiger partial charge in [0.05, 0.1) is 12.4 Å². The lowest BCUT2D eigenvalue weighted by atomic mass is 10.1. The highest BCUT2D eigenvalue weighted by Crippen LogP contribution is 2.15. The van der Waals surface area contributed by atoms with Crippen LogP contribution in [0.3, 0.4) is 0 Å². The number of hydrogen-bond acceptors (Lipinski definition) is 3. The normalized spacial score (nSPS) is 17.8. The highest BCUT2D eigenvalue weighted by atomic mass is 15.2. The number of aromatic amines is 1. The molecule has 2 heterocycles. The molecule has 1 aromatic carbocycles. The predicted octanol–water partition coefficient (Wildman–Crippen LogP) is 3.34. The van der Waals surface area contributed by atoms with Gasteiger partial charge >= 0.3 is 0 Å². The number of nitrogens with zero attached hydrogens (tertiary/aromatic N) is 1. The van der Waals surface area contributed by atoms with E-state index >= 15 is 0 Å². The van der Waals surface area contributed by atoms with Gasteiger partial charge in [0.25, 0.3) is 0 Å². The number of benzene rings is 1. The second kappa shape index (κ2) is 7.92. The van der Waals surface area contributed by atoms with Crippen LogP contribution in [-0.4, -0.2) is 34.9 Å². The first kappa shape index (κ1) is 17.1. The lowest BCUT2D eigenvalue weighted by Gasteiger charge is -2.35. The number of H-pyrrole nitrogens is 1. The van der Waals surface area contributed by atoms with Crippen LogP contribution in [0.15, 0.2) is 54.9 Å². The van der Waals surface area contributed by atoms with E-state index in [4.69, 9.17) is 5.41 Å². The fraction of sp³-hybridized carbons (Fsp3) is 0.350. The molecule has 1 fully saturated rings. The van der Waals surface area contributed by atoms with Gasteiger partial charge in [0.2, 0.25) is 0 Å². The molecule has 1 saturated heterocycles. The summed E-state index contributed by atoms with van der Waals surface area (Å²) in [6.07, 6.45) is 5.96. The number of likely N-dealkylation sites (tertiary alicyclic amines) is 1. The summed E-state index contributed by atoms with van der Waals surface area (Å²) in [5, 5.41) is 16.1. The van der Waals surface area contributed by atoms with Gasteiger partial charge in [-0.2, -0.15) is 0 Å². The number of amidine groups is 1. The zero-order valence-electron chi connectivity index (χ0n) is 14.8. The minimum Gasteiger partial charge on any atom is -0.368 e. The molecule has 5 nitrogen and oxygen atoms in total. The molecule has 1 aromatic heterocycles. The molecule has 1 aliphatic rings. The van der Waals surface area contributed by atoms with Crippen molar-refractivity contribution in [1.82, 2.24) is 20.5 Å². The van der Waals surface area contributed by atoms with Crippen LogP contribution in [0.2, 0.25) is 0 Å². The third kappa shape index (κ3) is 4.44. The number of para-hydroxylation sites is 1. The Labute approximate surface area is 149 Å².